The first-order valence-electron chi connectivity index (χ1n) is 15.7. The molecule has 3 saturated carbocycles. The normalized spacial score (nSPS) is 36.0. The number of carbonyl (C=O) groups excluding carboxylic acids is 3. The number of unbranched alkanes of at least 4 members (excludes halogenated alkanes) is 1. The Morgan fingerprint density at radius 2 is 1.79 bits per heavy atom. The molecule has 0 heterocycles. The number of aliphatic hydroxyl groups is 1. The Kier molecular flexibility index (Phi) is 9.55. The molecule has 4 aliphatic rings. The molecule has 0 aromatic carbocycles. The van der Waals surface area contributed by atoms with Crippen molar-refractivity contribution in [3.05, 3.63) is 11.6 Å². The van der Waals surface area contributed by atoms with Gasteiger partial charge in [-0.1, -0.05) is 44.3 Å². The average Bonchev–Trinajstić information content (AvgIpc) is 3.22. The first-order valence-corrected chi connectivity index (χ1v) is 15.7. The number of carbonyl (C=O) groups is 4. The van der Waals surface area contributed by atoms with E-state index in [9.17, 15) is 29.4 Å². The zero-order valence-corrected chi connectivity index (χ0v) is 25.8. The summed E-state index contributed by atoms with van der Waals surface area (Å²) in [5, 5.41) is 29.9. The number of nitrogens with zero attached hydrogens (tertiary/aromatic N) is 1. The van der Waals surface area contributed by atoms with Crippen LogP contribution in [0.2, 0.25) is 0 Å². The fraction of sp³-hybridized carbons (Fsp3) is 0.781. The SMILES string of the molecule is CCCCC(NC(=O)C(C)NC(=O)CON=C1C=C2CCC3C(CCC4(C)C3CCC4(O)C(C)=O)C2(C)CC1)C(=O)O. The standard InChI is InChI=1S/C32H49N3O7/c1-6-7-8-26(29(39)40)34-28(38)19(2)33-27(37)18-42-35-22-11-14-30(4)21(17-22)9-10-23-24(30)12-15-31(5)25(23)13-16-32(31,41)20(3)36/h17,19,23-26,41H,6-16,18H2,1-5H3,(H,33,37)(H,34,38)(H,39,40). The molecular formula is C32H49N3O7. The number of hydrogen-bond acceptors (Lipinski definition) is 7. The quantitative estimate of drug-likeness (QED) is 0.267. The average molecular weight is 588 g/mol. The summed E-state index contributed by atoms with van der Waals surface area (Å²) >= 11 is 0. The van der Waals surface area contributed by atoms with Crippen LogP contribution in [0, 0.1) is 28.6 Å². The lowest BCUT2D eigenvalue weighted by molar-refractivity contribution is -0.159. The first kappa shape index (κ1) is 32.2. The Morgan fingerprint density at radius 1 is 1.07 bits per heavy atom. The lowest BCUT2D eigenvalue weighted by atomic mass is 9.46. The van der Waals surface area contributed by atoms with Crippen molar-refractivity contribution in [3.63, 3.8) is 0 Å². The molecule has 2 amide bonds. The van der Waals surface area contributed by atoms with Gasteiger partial charge in [-0.05, 0) is 101 Å². The van der Waals surface area contributed by atoms with Crippen molar-refractivity contribution in [1.29, 1.82) is 0 Å². The van der Waals surface area contributed by atoms with Gasteiger partial charge in [0.2, 0.25) is 5.91 Å². The molecule has 10 heteroatoms. The fourth-order valence-electron chi connectivity index (χ4n) is 8.72. The predicted octanol–water partition coefficient (Wildman–Crippen LogP) is 3.91. The highest BCUT2D eigenvalue weighted by Crippen LogP contribution is 2.67. The number of amides is 2. The van der Waals surface area contributed by atoms with Crippen LogP contribution in [0.3, 0.4) is 0 Å². The van der Waals surface area contributed by atoms with Crippen LogP contribution in [0.4, 0.5) is 0 Å². The monoisotopic (exact) mass is 587 g/mol. The second kappa shape index (κ2) is 12.5. The zero-order chi connectivity index (χ0) is 30.9. The van der Waals surface area contributed by atoms with Gasteiger partial charge in [-0.2, -0.15) is 0 Å². The van der Waals surface area contributed by atoms with E-state index in [4.69, 9.17) is 4.84 Å². The summed E-state index contributed by atoms with van der Waals surface area (Å²) in [6.45, 7) is 9.14. The Morgan fingerprint density at radius 3 is 2.45 bits per heavy atom. The minimum absolute atomic E-state index is 0.0469. The van der Waals surface area contributed by atoms with Crippen molar-refractivity contribution >= 4 is 29.3 Å². The molecule has 42 heavy (non-hydrogen) atoms. The number of Topliss-reactive ketones (excluding diaryl/α,β-unsaturated/α-hetero) is 1. The third-order valence-corrected chi connectivity index (χ3v) is 11.3. The number of carboxylic acids is 1. The van der Waals surface area contributed by atoms with E-state index in [1.807, 2.05) is 6.92 Å². The summed E-state index contributed by atoms with van der Waals surface area (Å²) in [5.74, 6) is -0.895. The zero-order valence-electron chi connectivity index (χ0n) is 25.8. The lowest BCUT2D eigenvalue weighted by Crippen LogP contribution is -2.57. The van der Waals surface area contributed by atoms with Gasteiger partial charge in [0.25, 0.3) is 5.91 Å². The smallest absolute Gasteiger partial charge is 0.326 e. The molecule has 0 saturated heterocycles. The summed E-state index contributed by atoms with van der Waals surface area (Å²) in [6.07, 6.45) is 11.0. The van der Waals surface area contributed by atoms with E-state index in [0.29, 0.717) is 37.0 Å². The number of fused-ring (bicyclic) bond motifs is 5. The summed E-state index contributed by atoms with van der Waals surface area (Å²) in [4.78, 5) is 54.0. The Labute approximate surface area is 249 Å². The molecule has 8 unspecified atom stereocenters. The van der Waals surface area contributed by atoms with Crippen LogP contribution >= 0.6 is 0 Å². The molecule has 10 nitrogen and oxygen atoms in total. The van der Waals surface area contributed by atoms with Crippen LogP contribution in [0.15, 0.2) is 16.8 Å². The number of nitrogens with one attached hydrogen (secondary N) is 2. The van der Waals surface area contributed by atoms with Crippen molar-refractivity contribution < 1.29 is 34.2 Å². The van der Waals surface area contributed by atoms with Gasteiger partial charge in [-0.3, -0.25) is 14.4 Å². The summed E-state index contributed by atoms with van der Waals surface area (Å²) < 4.78 is 0. The van der Waals surface area contributed by atoms with E-state index < -0.39 is 35.5 Å². The van der Waals surface area contributed by atoms with Crippen LogP contribution in [0.5, 0.6) is 0 Å². The molecule has 234 valence electrons. The van der Waals surface area contributed by atoms with Gasteiger partial charge in [0, 0.05) is 5.41 Å². The van der Waals surface area contributed by atoms with Gasteiger partial charge in [-0.15, -0.1) is 0 Å². The molecule has 0 aromatic rings. The number of allylic oxidation sites excluding steroid dienone is 2. The topological polar surface area (TPSA) is 154 Å². The summed E-state index contributed by atoms with van der Waals surface area (Å²) in [7, 11) is 0. The maximum absolute atomic E-state index is 12.5. The van der Waals surface area contributed by atoms with Crippen molar-refractivity contribution in [1.82, 2.24) is 10.6 Å². The van der Waals surface area contributed by atoms with Gasteiger partial charge in [-0.25, -0.2) is 4.79 Å². The van der Waals surface area contributed by atoms with E-state index in [1.54, 1.807) is 6.92 Å². The maximum Gasteiger partial charge on any atom is 0.326 e. The van der Waals surface area contributed by atoms with E-state index in [1.165, 1.54) is 12.5 Å². The third kappa shape index (κ3) is 5.88. The Balaban J connectivity index is 1.32. The second-order valence-electron chi connectivity index (χ2n) is 13.6. The predicted molar refractivity (Wildman–Crippen MR) is 157 cm³/mol. The molecule has 8 atom stereocenters. The van der Waals surface area contributed by atoms with Gasteiger partial charge < -0.3 is 25.7 Å². The third-order valence-electron chi connectivity index (χ3n) is 11.3. The molecule has 4 rings (SSSR count). The number of carboxylic acid groups (broad SMARTS) is 1. The highest BCUT2D eigenvalue weighted by molar-refractivity contribution is 5.96. The molecule has 0 aliphatic heterocycles. The van der Waals surface area contributed by atoms with E-state index in [-0.39, 0.29) is 23.2 Å². The van der Waals surface area contributed by atoms with Crippen molar-refractivity contribution in [2.24, 2.45) is 33.7 Å². The largest absolute Gasteiger partial charge is 0.480 e. The van der Waals surface area contributed by atoms with Gasteiger partial charge in [0.15, 0.2) is 12.4 Å². The van der Waals surface area contributed by atoms with Crippen LogP contribution in [-0.4, -0.2) is 63.8 Å². The number of oxime groups is 1. The van der Waals surface area contributed by atoms with E-state index in [0.717, 1.165) is 57.1 Å². The van der Waals surface area contributed by atoms with Crippen LogP contribution in [0.1, 0.15) is 105 Å². The highest BCUT2D eigenvalue weighted by atomic mass is 16.6. The van der Waals surface area contributed by atoms with E-state index >= 15 is 0 Å². The van der Waals surface area contributed by atoms with Crippen LogP contribution in [-0.2, 0) is 24.0 Å². The minimum Gasteiger partial charge on any atom is -0.480 e. The Hall–Kier alpha value is -2.75. The Bertz CT molecular complexity index is 1150. The van der Waals surface area contributed by atoms with Crippen molar-refractivity contribution in [3.8, 4) is 0 Å². The number of rotatable bonds is 11. The van der Waals surface area contributed by atoms with Gasteiger partial charge in [0.05, 0.1) is 5.71 Å². The summed E-state index contributed by atoms with van der Waals surface area (Å²) in [5.41, 5.74) is 0.662. The maximum atomic E-state index is 12.5. The molecule has 0 spiro atoms. The van der Waals surface area contributed by atoms with E-state index in [2.05, 4.69) is 35.7 Å². The number of ketones is 1. The molecule has 0 radical (unpaired) electrons. The van der Waals surface area contributed by atoms with Crippen molar-refractivity contribution in [2.75, 3.05) is 6.61 Å². The number of hydrogen-bond donors (Lipinski definition) is 4. The molecular weight excluding hydrogens is 538 g/mol. The molecule has 0 aromatic heterocycles. The van der Waals surface area contributed by atoms with Crippen LogP contribution < -0.4 is 10.6 Å². The lowest BCUT2D eigenvalue weighted by Gasteiger charge is -2.59. The first-order chi connectivity index (χ1) is 19.8. The highest BCUT2D eigenvalue weighted by Gasteiger charge is 2.65. The molecule has 0 bridgehead atoms. The molecule has 3 fully saturated rings. The minimum atomic E-state index is -1.20. The fourth-order valence-corrected chi connectivity index (χ4v) is 8.72. The summed E-state index contributed by atoms with van der Waals surface area (Å²) in [6, 6.07) is -1.90. The van der Waals surface area contributed by atoms with Gasteiger partial charge >= 0.3 is 5.97 Å². The second-order valence-corrected chi connectivity index (χ2v) is 13.6. The van der Waals surface area contributed by atoms with Gasteiger partial charge in [0.1, 0.15) is 17.7 Å². The van der Waals surface area contributed by atoms with Crippen LogP contribution in [0.25, 0.3) is 0 Å². The van der Waals surface area contributed by atoms with Crippen molar-refractivity contribution in [2.45, 2.75) is 123 Å². The number of aliphatic carboxylic acids is 1. The molecule has 4 aliphatic carbocycles. The molecule has 4 N–H and O–H groups in total.